The Kier molecular flexibility index (Phi) is 64.9. The Morgan fingerprint density at radius 1 is 0.372 bits per heavy atom. The van der Waals surface area contributed by atoms with Crippen LogP contribution in [0.2, 0.25) is 0 Å². The number of allylic oxidation sites excluding steroid dienone is 12. The van der Waals surface area contributed by atoms with Gasteiger partial charge in [0.15, 0.2) is 6.10 Å². The van der Waals surface area contributed by atoms with E-state index < -0.39 is 26.5 Å². The molecule has 2 atom stereocenters. The van der Waals surface area contributed by atoms with E-state index >= 15 is 0 Å². The molecule has 0 aromatic rings. The van der Waals surface area contributed by atoms with Gasteiger partial charge in [-0.25, -0.2) is 0 Å². The molecule has 0 saturated heterocycles. The minimum atomic E-state index is -4.64. The molecule has 0 N–H and O–H groups in total. The number of carbonyl (C=O) groups excluding carboxylic acids is 2. The van der Waals surface area contributed by atoms with Crippen LogP contribution in [0.1, 0.15) is 348 Å². The average molecular weight is 1230 g/mol. The van der Waals surface area contributed by atoms with Crippen LogP contribution >= 0.6 is 7.82 Å². The first kappa shape index (κ1) is 83.5. The molecule has 0 aliphatic carbocycles. The van der Waals surface area contributed by atoms with Crippen molar-refractivity contribution < 1.29 is 42.1 Å². The van der Waals surface area contributed by atoms with E-state index in [0.717, 1.165) is 70.6 Å². The third-order valence-corrected chi connectivity index (χ3v) is 17.2. The number of carbonyl (C=O) groups is 2. The minimum Gasteiger partial charge on any atom is -0.756 e. The molecule has 0 aromatic heterocycles. The largest absolute Gasteiger partial charge is 0.756 e. The van der Waals surface area contributed by atoms with E-state index in [0.29, 0.717) is 17.4 Å². The number of nitrogens with zero attached hydrogens (tertiary/aromatic N) is 1. The number of phosphoric ester groups is 1. The zero-order valence-electron chi connectivity index (χ0n) is 57.3. The topological polar surface area (TPSA) is 111 Å². The Morgan fingerprint density at radius 2 is 0.663 bits per heavy atom. The maximum atomic E-state index is 12.9. The number of quaternary nitrogens is 1. The summed E-state index contributed by atoms with van der Waals surface area (Å²) in [5, 5.41) is 0. The molecule has 0 aromatic carbocycles. The number of hydrogen-bond acceptors (Lipinski definition) is 8. The van der Waals surface area contributed by atoms with Gasteiger partial charge in [-0.1, -0.05) is 324 Å². The highest BCUT2D eigenvalue weighted by molar-refractivity contribution is 7.45. The van der Waals surface area contributed by atoms with Crippen molar-refractivity contribution in [2.24, 2.45) is 0 Å². The van der Waals surface area contributed by atoms with Crippen molar-refractivity contribution in [3.8, 4) is 0 Å². The SMILES string of the molecule is CC/C=C\C/C=C\C/C=C\C/C=C\CCCCCCCCCCCCCCCCCCCCCCC(=O)OC(COC(=O)CCCCCCCCCCCCCCCCCCC/C=C\C/C=C\CCCCCCC)COP(=O)([O-])OCC[N+](C)(C)C. The van der Waals surface area contributed by atoms with Crippen LogP contribution in [-0.2, 0) is 32.7 Å². The first-order chi connectivity index (χ1) is 42.0. The van der Waals surface area contributed by atoms with Crippen LogP contribution in [0.25, 0.3) is 0 Å². The summed E-state index contributed by atoms with van der Waals surface area (Å²) in [5.41, 5.74) is 0. The highest BCUT2D eigenvalue weighted by Gasteiger charge is 2.22. The van der Waals surface area contributed by atoms with E-state index in [9.17, 15) is 19.0 Å². The second-order valence-electron chi connectivity index (χ2n) is 25.9. The van der Waals surface area contributed by atoms with Crippen LogP contribution in [0.3, 0.4) is 0 Å². The number of phosphoric acid groups is 1. The fourth-order valence-corrected chi connectivity index (χ4v) is 11.4. The summed E-state index contributed by atoms with van der Waals surface area (Å²) in [6.07, 6.45) is 90.0. The van der Waals surface area contributed by atoms with Crippen LogP contribution in [0.4, 0.5) is 0 Å². The standard InChI is InChI=1S/C76H140NO8P/c1-6-8-10-12-14-16-18-20-22-24-26-28-30-32-34-36-37-38-39-41-43-45-47-49-51-53-55-57-59-61-63-65-67-69-76(79)85-74(73-84-86(80,81)83-71-70-77(3,4)5)72-82-75(78)68-66-64-62-60-58-56-54-52-50-48-46-44-42-40-35-33-31-29-27-25-23-21-19-17-15-13-11-9-7-2/h8,10,14,16,19-22,25-28,74H,6-7,9,11-13,15,17-18,23-24,29-73H2,1-5H3/b10-8-,16-14-,21-19-,22-20-,27-25-,28-26-. The van der Waals surface area contributed by atoms with Gasteiger partial charge in [0, 0.05) is 12.8 Å². The molecule has 0 amide bonds. The van der Waals surface area contributed by atoms with Crippen molar-refractivity contribution >= 4 is 19.8 Å². The van der Waals surface area contributed by atoms with Crippen molar-refractivity contribution in [2.75, 3.05) is 47.5 Å². The van der Waals surface area contributed by atoms with Crippen LogP contribution in [0, 0.1) is 0 Å². The van der Waals surface area contributed by atoms with E-state index in [1.165, 1.54) is 244 Å². The third kappa shape index (κ3) is 70.5. The number of unbranched alkanes of at least 4 members (excludes halogenated alkanes) is 42. The third-order valence-electron chi connectivity index (χ3n) is 16.2. The average Bonchev–Trinajstić information content (AvgIpc) is 3.70. The van der Waals surface area contributed by atoms with Crippen molar-refractivity contribution in [1.82, 2.24) is 0 Å². The summed E-state index contributed by atoms with van der Waals surface area (Å²) in [7, 11) is 1.18. The summed E-state index contributed by atoms with van der Waals surface area (Å²) in [6.45, 7) is 4.17. The smallest absolute Gasteiger partial charge is 0.306 e. The highest BCUT2D eigenvalue weighted by Crippen LogP contribution is 2.38. The van der Waals surface area contributed by atoms with Crippen LogP contribution in [-0.4, -0.2) is 70.0 Å². The molecule has 0 bridgehead atoms. The summed E-state index contributed by atoms with van der Waals surface area (Å²) >= 11 is 0. The van der Waals surface area contributed by atoms with Gasteiger partial charge < -0.3 is 27.9 Å². The Morgan fingerprint density at radius 3 is 0.988 bits per heavy atom. The fraction of sp³-hybridized carbons (Fsp3) is 0.816. The fourth-order valence-electron chi connectivity index (χ4n) is 10.6. The minimum absolute atomic E-state index is 0.0299. The molecule has 0 radical (unpaired) electrons. The van der Waals surface area contributed by atoms with Crippen molar-refractivity contribution in [1.29, 1.82) is 0 Å². The van der Waals surface area contributed by atoms with Crippen molar-refractivity contribution in [3.05, 3.63) is 72.9 Å². The zero-order chi connectivity index (χ0) is 62.6. The van der Waals surface area contributed by atoms with Gasteiger partial charge in [-0.15, -0.1) is 0 Å². The molecule has 9 nitrogen and oxygen atoms in total. The van der Waals surface area contributed by atoms with E-state index in [2.05, 4.69) is 86.8 Å². The van der Waals surface area contributed by atoms with E-state index in [1.807, 2.05) is 21.1 Å². The molecule has 0 spiro atoms. The van der Waals surface area contributed by atoms with Crippen molar-refractivity contribution in [3.63, 3.8) is 0 Å². The second-order valence-corrected chi connectivity index (χ2v) is 27.3. The van der Waals surface area contributed by atoms with E-state index in [1.54, 1.807) is 0 Å². The predicted molar refractivity (Wildman–Crippen MR) is 370 cm³/mol. The first-order valence-corrected chi connectivity index (χ1v) is 38.1. The maximum absolute atomic E-state index is 12.9. The monoisotopic (exact) mass is 1230 g/mol. The lowest BCUT2D eigenvalue weighted by Gasteiger charge is -2.28. The van der Waals surface area contributed by atoms with Gasteiger partial charge in [-0.05, 0) is 83.5 Å². The molecular formula is C76H140NO8P. The molecule has 0 rings (SSSR count). The van der Waals surface area contributed by atoms with E-state index in [-0.39, 0.29) is 32.0 Å². The lowest BCUT2D eigenvalue weighted by Crippen LogP contribution is -2.37. The Balaban J connectivity index is 3.98. The molecular weight excluding hydrogens is 1090 g/mol. The van der Waals surface area contributed by atoms with Gasteiger partial charge in [-0.2, -0.15) is 0 Å². The predicted octanol–water partition coefficient (Wildman–Crippen LogP) is 23.3. The summed E-state index contributed by atoms with van der Waals surface area (Å²) in [6, 6.07) is 0. The lowest BCUT2D eigenvalue weighted by atomic mass is 10.0. The van der Waals surface area contributed by atoms with Gasteiger partial charge in [-0.3, -0.25) is 14.2 Å². The normalized spacial score (nSPS) is 13.5. The first-order valence-electron chi connectivity index (χ1n) is 36.6. The number of hydrogen-bond donors (Lipinski definition) is 0. The van der Waals surface area contributed by atoms with Crippen LogP contribution in [0.15, 0.2) is 72.9 Å². The van der Waals surface area contributed by atoms with Crippen LogP contribution < -0.4 is 4.89 Å². The molecule has 0 heterocycles. The summed E-state index contributed by atoms with van der Waals surface area (Å²) in [5.74, 6) is -0.816. The van der Waals surface area contributed by atoms with Gasteiger partial charge in [0.2, 0.25) is 0 Å². The zero-order valence-corrected chi connectivity index (χ0v) is 58.2. The molecule has 0 saturated carbocycles. The van der Waals surface area contributed by atoms with E-state index in [4.69, 9.17) is 18.5 Å². The molecule has 0 fully saturated rings. The van der Waals surface area contributed by atoms with Gasteiger partial charge in [0.05, 0.1) is 27.7 Å². The van der Waals surface area contributed by atoms with Crippen molar-refractivity contribution in [2.45, 2.75) is 354 Å². The number of esters is 2. The van der Waals surface area contributed by atoms with Crippen LogP contribution in [0.5, 0.6) is 0 Å². The molecule has 0 aliphatic heterocycles. The molecule has 10 heteroatoms. The maximum Gasteiger partial charge on any atom is 0.306 e. The quantitative estimate of drug-likeness (QED) is 0.0195. The molecule has 2 unspecified atom stereocenters. The molecule has 502 valence electrons. The number of likely N-dealkylation sites (N-methyl/N-ethyl adjacent to an activating group) is 1. The summed E-state index contributed by atoms with van der Waals surface area (Å²) in [4.78, 5) is 38.1. The Labute approximate surface area is 533 Å². The molecule has 0 aliphatic rings. The number of ether oxygens (including phenoxy) is 2. The van der Waals surface area contributed by atoms with Gasteiger partial charge in [0.25, 0.3) is 7.82 Å². The van der Waals surface area contributed by atoms with Gasteiger partial charge in [0.1, 0.15) is 19.8 Å². The summed E-state index contributed by atoms with van der Waals surface area (Å²) < 4.78 is 34.4. The van der Waals surface area contributed by atoms with Gasteiger partial charge >= 0.3 is 11.9 Å². The second kappa shape index (κ2) is 66.9. The Bertz CT molecular complexity index is 1680. The highest BCUT2D eigenvalue weighted by atomic mass is 31.2. The number of rotatable bonds is 68. The Hall–Kier alpha value is -2.55. The lowest BCUT2D eigenvalue weighted by molar-refractivity contribution is -0.870. The molecule has 86 heavy (non-hydrogen) atoms.